The van der Waals surface area contributed by atoms with Gasteiger partial charge in [0.25, 0.3) is 0 Å². The van der Waals surface area contributed by atoms with E-state index in [0.29, 0.717) is 24.3 Å². The first-order chi connectivity index (χ1) is 7.61. The molecule has 1 aromatic carbocycles. The Morgan fingerprint density at radius 2 is 2.12 bits per heavy atom. The topological polar surface area (TPSA) is 43.7 Å². The zero-order valence-corrected chi connectivity index (χ0v) is 9.65. The summed E-state index contributed by atoms with van der Waals surface area (Å²) in [6, 6.07) is 4.64. The van der Waals surface area contributed by atoms with E-state index < -0.39 is 6.10 Å². The van der Waals surface area contributed by atoms with Crippen molar-refractivity contribution in [3.63, 3.8) is 0 Å². The van der Waals surface area contributed by atoms with Crippen LogP contribution >= 0.6 is 0 Å². The van der Waals surface area contributed by atoms with Gasteiger partial charge in [-0.25, -0.2) is 4.39 Å². The number of hydrogen-bond donors (Lipinski definition) is 2. The third-order valence-electron chi connectivity index (χ3n) is 2.54. The molecular weight excluding hydrogens is 209 g/mol. The average Bonchev–Trinajstić information content (AvgIpc) is 2.26. The van der Waals surface area contributed by atoms with Crippen LogP contribution in [0, 0.1) is 5.82 Å². The summed E-state index contributed by atoms with van der Waals surface area (Å²) in [5, 5.41) is 18.5. The van der Waals surface area contributed by atoms with Crippen molar-refractivity contribution in [3.8, 4) is 0 Å². The molecule has 4 heteroatoms. The van der Waals surface area contributed by atoms with Crippen molar-refractivity contribution in [3.05, 3.63) is 29.6 Å². The van der Waals surface area contributed by atoms with Crippen molar-refractivity contribution < 1.29 is 14.6 Å². The molecule has 2 N–H and O–H groups in total. The average molecular weight is 227 g/mol. The van der Waals surface area contributed by atoms with E-state index in [1.54, 1.807) is 24.0 Å². The molecule has 0 amide bonds. The molecule has 0 radical (unpaired) electrons. The van der Waals surface area contributed by atoms with Gasteiger partial charge in [0, 0.05) is 18.7 Å². The molecule has 3 nitrogen and oxygen atoms in total. The monoisotopic (exact) mass is 227 g/mol. The van der Waals surface area contributed by atoms with Gasteiger partial charge in [0.05, 0.1) is 18.4 Å². The molecule has 0 heterocycles. The number of nitrogens with zero attached hydrogens (tertiary/aromatic N) is 1. The molecule has 0 aliphatic carbocycles. The number of aliphatic hydroxyl groups is 2. The number of hydrogen-bond acceptors (Lipinski definition) is 3. The van der Waals surface area contributed by atoms with Crippen molar-refractivity contribution in [2.45, 2.75) is 20.0 Å². The molecule has 90 valence electrons. The van der Waals surface area contributed by atoms with E-state index in [2.05, 4.69) is 0 Å². The second-order valence-electron chi connectivity index (χ2n) is 3.66. The van der Waals surface area contributed by atoms with Crippen LogP contribution in [0.5, 0.6) is 0 Å². The van der Waals surface area contributed by atoms with Crippen LogP contribution in [0.3, 0.4) is 0 Å². The summed E-state index contributed by atoms with van der Waals surface area (Å²) >= 11 is 0. The molecular formula is C12H18FNO2. The van der Waals surface area contributed by atoms with Crippen LogP contribution in [0.1, 0.15) is 25.5 Å². The van der Waals surface area contributed by atoms with Crippen LogP contribution in [-0.2, 0) is 0 Å². The largest absolute Gasteiger partial charge is 0.395 e. The summed E-state index contributed by atoms with van der Waals surface area (Å²) in [5.41, 5.74) is 0.935. The maximum atomic E-state index is 13.7. The number of para-hydroxylation sites is 1. The van der Waals surface area contributed by atoms with Crippen molar-refractivity contribution in [1.82, 2.24) is 0 Å². The van der Waals surface area contributed by atoms with Gasteiger partial charge in [-0.05, 0) is 19.9 Å². The van der Waals surface area contributed by atoms with Gasteiger partial charge in [-0.2, -0.15) is 0 Å². The molecule has 0 bridgehead atoms. The predicted octanol–water partition coefficient (Wildman–Crippen LogP) is 1.70. The first-order valence-electron chi connectivity index (χ1n) is 5.44. The molecule has 1 rings (SSSR count). The van der Waals surface area contributed by atoms with Crippen LogP contribution in [0.2, 0.25) is 0 Å². The molecule has 0 aliphatic rings. The number of likely N-dealkylation sites (N-methyl/N-ethyl adjacent to an activating group) is 1. The van der Waals surface area contributed by atoms with Crippen molar-refractivity contribution in [2.24, 2.45) is 0 Å². The number of rotatable bonds is 5. The van der Waals surface area contributed by atoms with E-state index >= 15 is 0 Å². The highest BCUT2D eigenvalue weighted by Crippen LogP contribution is 2.28. The zero-order chi connectivity index (χ0) is 12.1. The van der Waals surface area contributed by atoms with E-state index in [4.69, 9.17) is 5.11 Å². The fourth-order valence-corrected chi connectivity index (χ4v) is 1.75. The summed E-state index contributed by atoms with van der Waals surface area (Å²) in [7, 11) is 0. The van der Waals surface area contributed by atoms with Gasteiger partial charge < -0.3 is 15.1 Å². The summed E-state index contributed by atoms with van der Waals surface area (Å²) < 4.78 is 13.7. The molecule has 0 saturated heterocycles. The van der Waals surface area contributed by atoms with E-state index in [9.17, 15) is 9.50 Å². The fraction of sp³-hybridized carbons (Fsp3) is 0.500. The van der Waals surface area contributed by atoms with Crippen molar-refractivity contribution in [2.75, 3.05) is 24.6 Å². The number of aliphatic hydroxyl groups excluding tert-OH is 2. The molecule has 0 unspecified atom stereocenters. The lowest BCUT2D eigenvalue weighted by Gasteiger charge is -2.26. The molecule has 16 heavy (non-hydrogen) atoms. The summed E-state index contributed by atoms with van der Waals surface area (Å²) in [4.78, 5) is 1.72. The standard InChI is InChI=1S/C12H18FNO2/c1-3-14(7-8-15)12-10(9(2)16)5-4-6-11(12)13/h4-6,9,15-16H,3,7-8H2,1-2H3/t9-/m1/s1. The van der Waals surface area contributed by atoms with Gasteiger partial charge in [0.2, 0.25) is 0 Å². The third kappa shape index (κ3) is 2.71. The number of benzene rings is 1. The Morgan fingerprint density at radius 3 is 2.62 bits per heavy atom. The second kappa shape index (κ2) is 5.82. The van der Waals surface area contributed by atoms with Gasteiger partial charge in [0.15, 0.2) is 0 Å². The minimum absolute atomic E-state index is 0.0403. The fourth-order valence-electron chi connectivity index (χ4n) is 1.75. The number of halogens is 1. The van der Waals surface area contributed by atoms with Crippen LogP contribution < -0.4 is 4.90 Å². The van der Waals surface area contributed by atoms with Crippen LogP contribution in [0.25, 0.3) is 0 Å². The minimum atomic E-state index is -0.724. The molecule has 1 atom stereocenters. The highest BCUT2D eigenvalue weighted by atomic mass is 19.1. The Morgan fingerprint density at radius 1 is 1.44 bits per heavy atom. The zero-order valence-electron chi connectivity index (χ0n) is 9.65. The Labute approximate surface area is 95.1 Å². The summed E-state index contributed by atoms with van der Waals surface area (Å²) in [6.45, 7) is 4.39. The van der Waals surface area contributed by atoms with Gasteiger partial charge in [0.1, 0.15) is 5.82 Å². The normalized spacial score (nSPS) is 12.6. The quantitative estimate of drug-likeness (QED) is 0.804. The first-order valence-corrected chi connectivity index (χ1v) is 5.44. The first kappa shape index (κ1) is 12.9. The molecule has 0 fully saturated rings. The van der Waals surface area contributed by atoms with Gasteiger partial charge >= 0.3 is 0 Å². The van der Waals surface area contributed by atoms with E-state index in [0.717, 1.165) is 0 Å². The molecule has 0 spiro atoms. The lowest BCUT2D eigenvalue weighted by molar-refractivity contribution is 0.199. The Hall–Kier alpha value is -1.13. The van der Waals surface area contributed by atoms with Gasteiger partial charge in [-0.15, -0.1) is 0 Å². The maximum absolute atomic E-state index is 13.7. The van der Waals surface area contributed by atoms with E-state index in [1.165, 1.54) is 6.07 Å². The van der Waals surface area contributed by atoms with E-state index in [-0.39, 0.29) is 12.4 Å². The van der Waals surface area contributed by atoms with Crippen molar-refractivity contribution >= 4 is 5.69 Å². The Bertz CT molecular complexity index is 342. The van der Waals surface area contributed by atoms with Crippen LogP contribution in [0.15, 0.2) is 18.2 Å². The van der Waals surface area contributed by atoms with Crippen molar-refractivity contribution in [1.29, 1.82) is 0 Å². The molecule has 0 saturated carbocycles. The van der Waals surface area contributed by atoms with E-state index in [1.807, 2.05) is 6.92 Å². The van der Waals surface area contributed by atoms with Gasteiger partial charge in [-0.3, -0.25) is 0 Å². The smallest absolute Gasteiger partial charge is 0.146 e. The predicted molar refractivity (Wildman–Crippen MR) is 62.0 cm³/mol. The van der Waals surface area contributed by atoms with Crippen LogP contribution in [-0.4, -0.2) is 29.9 Å². The third-order valence-corrected chi connectivity index (χ3v) is 2.54. The second-order valence-corrected chi connectivity index (χ2v) is 3.66. The molecule has 1 aromatic rings. The Balaban J connectivity index is 3.17. The number of anilines is 1. The lowest BCUT2D eigenvalue weighted by Crippen LogP contribution is -2.28. The Kier molecular flexibility index (Phi) is 4.71. The summed E-state index contributed by atoms with van der Waals surface area (Å²) in [6.07, 6.45) is -0.724. The highest BCUT2D eigenvalue weighted by Gasteiger charge is 2.17. The van der Waals surface area contributed by atoms with Crippen LogP contribution in [0.4, 0.5) is 10.1 Å². The lowest BCUT2D eigenvalue weighted by atomic mass is 10.1. The highest BCUT2D eigenvalue weighted by molar-refractivity contribution is 5.55. The maximum Gasteiger partial charge on any atom is 0.146 e. The SMILES string of the molecule is CCN(CCO)c1c(F)cccc1[C@@H](C)O. The molecule has 0 aromatic heterocycles. The summed E-state index contributed by atoms with van der Waals surface area (Å²) in [5.74, 6) is -0.367. The van der Waals surface area contributed by atoms with Gasteiger partial charge in [-0.1, -0.05) is 12.1 Å². The minimum Gasteiger partial charge on any atom is -0.395 e. The molecule has 0 aliphatic heterocycles.